The second-order valence-electron chi connectivity index (χ2n) is 4.74. The Kier molecular flexibility index (Phi) is 3.45. The number of hydrogen-bond acceptors (Lipinski definition) is 1. The first-order chi connectivity index (χ1) is 8.07. The van der Waals surface area contributed by atoms with Crippen LogP contribution in [0.4, 0.5) is 0 Å². The van der Waals surface area contributed by atoms with Crippen molar-refractivity contribution in [1.29, 1.82) is 0 Å². The monoisotopic (exact) mass is 250 g/mol. The Hall–Kier alpha value is -0.990. The van der Waals surface area contributed by atoms with E-state index in [-0.39, 0.29) is 0 Å². The molecule has 0 saturated heterocycles. The van der Waals surface area contributed by atoms with Gasteiger partial charge in [-0.15, -0.1) is 0 Å². The van der Waals surface area contributed by atoms with Crippen molar-refractivity contribution in [3.05, 3.63) is 34.5 Å². The van der Waals surface area contributed by atoms with Crippen molar-refractivity contribution in [3.8, 4) is 0 Å². The summed E-state index contributed by atoms with van der Waals surface area (Å²) in [6, 6.07) is 6.13. The van der Waals surface area contributed by atoms with Crippen LogP contribution in [0.1, 0.15) is 31.0 Å². The van der Waals surface area contributed by atoms with Crippen LogP contribution in [0, 0.1) is 0 Å². The molecule has 2 nitrogen and oxygen atoms in total. The van der Waals surface area contributed by atoms with Crippen LogP contribution in [0.15, 0.2) is 18.2 Å². The second kappa shape index (κ2) is 4.71. The minimum atomic E-state index is 0.492. The largest absolute Gasteiger partial charge is 0.346 e. The predicted octanol–water partition coefficient (Wildman–Crippen LogP) is 3.67. The van der Waals surface area contributed by atoms with Gasteiger partial charge in [0, 0.05) is 24.7 Å². The zero-order chi connectivity index (χ0) is 12.6. The summed E-state index contributed by atoms with van der Waals surface area (Å²) in [5.74, 6) is 0.492. The van der Waals surface area contributed by atoms with Crippen molar-refractivity contribution in [1.82, 2.24) is 9.88 Å². The van der Waals surface area contributed by atoms with Gasteiger partial charge in [0.2, 0.25) is 0 Å². The van der Waals surface area contributed by atoms with E-state index in [2.05, 4.69) is 36.8 Å². The number of benzene rings is 1. The Morgan fingerprint density at radius 2 is 2.06 bits per heavy atom. The second-order valence-corrected chi connectivity index (χ2v) is 5.15. The third-order valence-corrected chi connectivity index (χ3v) is 3.52. The number of halogens is 1. The molecule has 1 heterocycles. The van der Waals surface area contributed by atoms with Gasteiger partial charge in [-0.2, -0.15) is 0 Å². The summed E-state index contributed by atoms with van der Waals surface area (Å²) in [5.41, 5.74) is 3.87. The Labute approximate surface area is 108 Å². The highest BCUT2D eigenvalue weighted by Crippen LogP contribution is 2.33. The van der Waals surface area contributed by atoms with Crippen LogP contribution >= 0.6 is 11.6 Å². The highest BCUT2D eigenvalue weighted by atomic mass is 35.5. The summed E-state index contributed by atoms with van der Waals surface area (Å²) in [4.78, 5) is 0. The van der Waals surface area contributed by atoms with Crippen molar-refractivity contribution in [3.63, 3.8) is 0 Å². The number of fused-ring (bicyclic) bond motifs is 1. The number of hydrogen-bond donors (Lipinski definition) is 1. The minimum absolute atomic E-state index is 0.492. The fraction of sp³-hybridized carbons (Fsp3) is 0.429. The third kappa shape index (κ3) is 1.96. The molecule has 0 unspecified atom stereocenters. The van der Waals surface area contributed by atoms with Crippen LogP contribution in [-0.4, -0.2) is 11.6 Å². The molecule has 2 rings (SSSR count). The topological polar surface area (TPSA) is 17.0 Å². The molecule has 1 N–H and O–H groups in total. The van der Waals surface area contributed by atoms with E-state index >= 15 is 0 Å². The molecule has 0 atom stereocenters. The number of para-hydroxylation sites is 1. The Balaban J connectivity index is 2.83. The standard InChI is InChI=1S/C14H19ClN2/c1-9(2)13-11(8-16-3)10-6-5-7-12(15)14(10)17(13)4/h5-7,9,16H,8H2,1-4H3. The first-order valence-corrected chi connectivity index (χ1v) is 6.36. The van der Waals surface area contributed by atoms with Gasteiger partial charge < -0.3 is 9.88 Å². The van der Waals surface area contributed by atoms with Gasteiger partial charge in [-0.1, -0.05) is 37.6 Å². The van der Waals surface area contributed by atoms with Gasteiger partial charge in [0.1, 0.15) is 0 Å². The zero-order valence-electron chi connectivity index (χ0n) is 10.8. The smallest absolute Gasteiger partial charge is 0.0672 e. The Morgan fingerprint density at radius 3 is 2.65 bits per heavy atom. The van der Waals surface area contributed by atoms with E-state index in [1.165, 1.54) is 16.6 Å². The lowest BCUT2D eigenvalue weighted by Crippen LogP contribution is -2.09. The minimum Gasteiger partial charge on any atom is -0.346 e. The zero-order valence-corrected chi connectivity index (χ0v) is 11.6. The SMILES string of the molecule is CNCc1c(C(C)C)n(C)c2c(Cl)cccc12. The fourth-order valence-electron chi connectivity index (χ4n) is 2.66. The quantitative estimate of drug-likeness (QED) is 0.880. The summed E-state index contributed by atoms with van der Waals surface area (Å²) >= 11 is 6.31. The van der Waals surface area contributed by atoms with Crippen LogP contribution in [0.25, 0.3) is 10.9 Å². The van der Waals surface area contributed by atoms with E-state index < -0.39 is 0 Å². The molecule has 0 aliphatic carbocycles. The highest BCUT2D eigenvalue weighted by Gasteiger charge is 2.18. The van der Waals surface area contributed by atoms with E-state index in [1.807, 2.05) is 19.2 Å². The summed E-state index contributed by atoms with van der Waals surface area (Å²) in [5, 5.41) is 5.34. The molecule has 0 aliphatic rings. The summed E-state index contributed by atoms with van der Waals surface area (Å²) in [6.07, 6.45) is 0. The van der Waals surface area contributed by atoms with Crippen molar-refractivity contribution in [2.45, 2.75) is 26.3 Å². The molecule has 92 valence electrons. The first-order valence-electron chi connectivity index (χ1n) is 5.98. The molecule has 0 aliphatic heterocycles. The summed E-state index contributed by atoms with van der Waals surface area (Å²) in [7, 11) is 4.08. The van der Waals surface area contributed by atoms with Gasteiger partial charge in [0.25, 0.3) is 0 Å². The number of nitrogens with zero attached hydrogens (tertiary/aromatic N) is 1. The number of nitrogens with one attached hydrogen (secondary N) is 1. The van der Waals surface area contributed by atoms with Crippen LogP contribution in [-0.2, 0) is 13.6 Å². The molecule has 0 spiro atoms. The molecule has 0 bridgehead atoms. The molecule has 0 amide bonds. The van der Waals surface area contributed by atoms with Crippen LogP contribution < -0.4 is 5.32 Å². The maximum Gasteiger partial charge on any atom is 0.0672 e. The van der Waals surface area contributed by atoms with Crippen molar-refractivity contribution in [2.24, 2.45) is 7.05 Å². The average molecular weight is 251 g/mol. The summed E-state index contributed by atoms with van der Waals surface area (Å²) < 4.78 is 2.23. The first kappa shape index (κ1) is 12.5. The molecule has 0 fully saturated rings. The lowest BCUT2D eigenvalue weighted by molar-refractivity contribution is 0.719. The molecule has 0 radical (unpaired) electrons. The number of aromatic nitrogens is 1. The Bertz CT molecular complexity index is 541. The lowest BCUT2D eigenvalue weighted by Gasteiger charge is -2.11. The van der Waals surface area contributed by atoms with Gasteiger partial charge in [-0.05, 0) is 24.6 Å². The maximum absolute atomic E-state index is 6.31. The van der Waals surface area contributed by atoms with Crippen LogP contribution in [0.3, 0.4) is 0 Å². The molecule has 0 saturated carbocycles. The highest BCUT2D eigenvalue weighted by molar-refractivity contribution is 6.35. The summed E-state index contributed by atoms with van der Waals surface area (Å²) in [6.45, 7) is 5.33. The van der Waals surface area contributed by atoms with Gasteiger partial charge in [-0.25, -0.2) is 0 Å². The molecule has 17 heavy (non-hydrogen) atoms. The van der Waals surface area contributed by atoms with E-state index in [0.717, 1.165) is 17.1 Å². The van der Waals surface area contributed by atoms with Gasteiger partial charge >= 0.3 is 0 Å². The predicted molar refractivity (Wildman–Crippen MR) is 74.8 cm³/mol. The van der Waals surface area contributed by atoms with E-state index in [1.54, 1.807) is 0 Å². The molecular weight excluding hydrogens is 232 g/mol. The maximum atomic E-state index is 6.31. The normalized spacial score (nSPS) is 11.6. The van der Waals surface area contributed by atoms with E-state index in [9.17, 15) is 0 Å². The number of rotatable bonds is 3. The van der Waals surface area contributed by atoms with Crippen molar-refractivity contribution < 1.29 is 0 Å². The van der Waals surface area contributed by atoms with Gasteiger partial charge in [0.05, 0.1) is 10.5 Å². The molecule has 2 aromatic rings. The third-order valence-electron chi connectivity index (χ3n) is 3.22. The van der Waals surface area contributed by atoms with Crippen molar-refractivity contribution >= 4 is 22.5 Å². The molecule has 1 aromatic heterocycles. The fourth-order valence-corrected chi connectivity index (χ4v) is 2.96. The Morgan fingerprint density at radius 1 is 1.35 bits per heavy atom. The van der Waals surface area contributed by atoms with Gasteiger partial charge in [-0.3, -0.25) is 0 Å². The molecule has 3 heteroatoms. The number of aryl methyl sites for hydroxylation is 1. The van der Waals surface area contributed by atoms with Crippen LogP contribution in [0.2, 0.25) is 5.02 Å². The molecular formula is C14H19ClN2. The van der Waals surface area contributed by atoms with Crippen molar-refractivity contribution in [2.75, 3.05) is 7.05 Å². The van der Waals surface area contributed by atoms with Crippen LogP contribution in [0.5, 0.6) is 0 Å². The average Bonchev–Trinajstić information content (AvgIpc) is 2.54. The van der Waals surface area contributed by atoms with E-state index in [0.29, 0.717) is 5.92 Å². The van der Waals surface area contributed by atoms with Gasteiger partial charge in [0.15, 0.2) is 0 Å². The lowest BCUT2D eigenvalue weighted by atomic mass is 10.0. The van der Waals surface area contributed by atoms with E-state index in [4.69, 9.17) is 11.6 Å². The molecule has 1 aromatic carbocycles.